The lowest BCUT2D eigenvalue weighted by Crippen LogP contribution is -2.63. The summed E-state index contributed by atoms with van der Waals surface area (Å²) in [7, 11) is 0. The number of hydrogen-bond acceptors (Lipinski definition) is 7. The van der Waals surface area contributed by atoms with E-state index in [1.54, 1.807) is 0 Å². The molecule has 0 aromatic heterocycles. The predicted octanol–water partition coefficient (Wildman–Crippen LogP) is 1.89. The molecule has 12 heteroatoms. The minimum atomic E-state index is -1.10. The molecule has 4 aliphatic rings. The quantitative estimate of drug-likeness (QED) is 0.202. The van der Waals surface area contributed by atoms with Crippen molar-refractivity contribution in [3.05, 3.63) is 0 Å². The van der Waals surface area contributed by atoms with Crippen molar-refractivity contribution < 1.29 is 33.5 Å². The number of Topliss-reactive ketones (excluding diaryl/α,β-unsaturated/α-hetero) is 1. The molecule has 4 rings (SSSR count). The SMILES string of the molecule is CC(OC(=O)[C@@H](NC(=O)N[C@H](C(=O)N1C[C@H]2[C@@H]([C@H]1C(=O)NC(C(=O)C(N)=O)C1CC1)C2(C)C)C(C)(C)C)C(C)(C)C)C1CC1. The molecule has 4 fully saturated rings. The number of fused-ring (bicyclic) bond motifs is 1. The standard InChI is InChI=1S/C32H51N5O7/c1-15(16-10-11-16)44-28(42)24(31(5,6)7)36-29(43)35-23(30(2,3)4)27(41)37-14-18-19(32(18,8)9)21(37)26(40)34-20(17-12-13-17)22(38)25(33)39/h15-21,23-24H,10-14H2,1-9H3,(H2,33,39)(H,34,40)(H2,35,36,43)/t15?,18-,19-,20?,21-,23+,24+/m0/s1. The van der Waals surface area contributed by atoms with E-state index in [2.05, 4.69) is 16.0 Å². The molecule has 5 N–H and O–H groups in total. The third-order valence-electron chi connectivity index (χ3n) is 10.0. The molecule has 2 unspecified atom stereocenters. The van der Waals surface area contributed by atoms with Gasteiger partial charge < -0.3 is 31.3 Å². The number of hydrogen-bond donors (Lipinski definition) is 4. The Labute approximate surface area is 260 Å². The molecule has 1 aliphatic heterocycles. The first-order chi connectivity index (χ1) is 20.2. The van der Waals surface area contributed by atoms with Gasteiger partial charge in [0.15, 0.2) is 0 Å². The molecule has 0 spiro atoms. The van der Waals surface area contributed by atoms with E-state index in [1.165, 1.54) is 4.90 Å². The van der Waals surface area contributed by atoms with Crippen LogP contribution in [0.15, 0.2) is 0 Å². The second-order valence-corrected chi connectivity index (χ2v) is 16.1. The molecule has 7 atom stereocenters. The first-order valence-electron chi connectivity index (χ1n) is 15.9. The zero-order chi connectivity index (χ0) is 33.1. The van der Waals surface area contributed by atoms with Crippen LogP contribution < -0.4 is 21.7 Å². The second kappa shape index (κ2) is 11.6. The maximum Gasteiger partial charge on any atom is 0.329 e. The lowest BCUT2D eigenvalue weighted by atomic mass is 9.85. The van der Waals surface area contributed by atoms with Crippen LogP contribution >= 0.6 is 0 Å². The van der Waals surface area contributed by atoms with E-state index in [1.807, 2.05) is 62.3 Å². The predicted molar refractivity (Wildman–Crippen MR) is 162 cm³/mol. The lowest BCUT2D eigenvalue weighted by molar-refractivity contribution is -0.154. The van der Waals surface area contributed by atoms with Crippen LogP contribution in [0, 0.1) is 39.9 Å². The van der Waals surface area contributed by atoms with Crippen molar-refractivity contribution in [3.8, 4) is 0 Å². The maximum atomic E-state index is 14.2. The highest BCUT2D eigenvalue weighted by Gasteiger charge is 2.70. The van der Waals surface area contributed by atoms with Gasteiger partial charge in [-0.3, -0.25) is 19.2 Å². The van der Waals surface area contributed by atoms with Crippen molar-refractivity contribution in [2.24, 2.45) is 45.7 Å². The monoisotopic (exact) mass is 617 g/mol. The van der Waals surface area contributed by atoms with E-state index < -0.39 is 70.5 Å². The van der Waals surface area contributed by atoms with Crippen molar-refractivity contribution in [1.82, 2.24) is 20.9 Å². The van der Waals surface area contributed by atoms with Crippen molar-refractivity contribution in [2.75, 3.05) is 6.54 Å². The van der Waals surface area contributed by atoms with Crippen molar-refractivity contribution >= 4 is 35.5 Å². The molecule has 3 aliphatic carbocycles. The first-order valence-corrected chi connectivity index (χ1v) is 15.9. The summed E-state index contributed by atoms with van der Waals surface area (Å²) >= 11 is 0. The lowest BCUT2D eigenvalue weighted by Gasteiger charge is -2.38. The molecule has 0 bridgehead atoms. The fourth-order valence-corrected chi connectivity index (χ4v) is 6.69. The number of likely N-dealkylation sites (tertiary alicyclic amines) is 1. The van der Waals surface area contributed by atoms with Gasteiger partial charge >= 0.3 is 12.0 Å². The van der Waals surface area contributed by atoms with E-state index in [-0.39, 0.29) is 29.3 Å². The Bertz CT molecular complexity index is 1210. The molecule has 3 saturated carbocycles. The summed E-state index contributed by atoms with van der Waals surface area (Å²) in [5.74, 6) is -3.30. The van der Waals surface area contributed by atoms with Gasteiger partial charge in [-0.2, -0.15) is 0 Å². The topological polar surface area (TPSA) is 177 Å². The Morgan fingerprint density at radius 2 is 1.36 bits per heavy atom. The van der Waals surface area contributed by atoms with Crippen molar-refractivity contribution in [1.29, 1.82) is 0 Å². The first kappa shape index (κ1) is 33.7. The Morgan fingerprint density at radius 3 is 1.84 bits per heavy atom. The highest BCUT2D eigenvalue weighted by molar-refractivity contribution is 6.38. The summed E-state index contributed by atoms with van der Waals surface area (Å²) in [5, 5.41) is 8.29. The summed E-state index contributed by atoms with van der Waals surface area (Å²) in [6, 6.07) is -4.58. The van der Waals surface area contributed by atoms with Crippen molar-refractivity contribution in [2.45, 2.75) is 118 Å². The van der Waals surface area contributed by atoms with Gasteiger partial charge in [0.2, 0.25) is 17.6 Å². The average Bonchev–Trinajstić information content (AvgIpc) is 3.82. The van der Waals surface area contributed by atoms with Crippen LogP contribution in [-0.2, 0) is 28.7 Å². The molecule has 0 radical (unpaired) electrons. The number of urea groups is 1. The number of nitrogens with two attached hydrogens (primary N) is 1. The molecule has 246 valence electrons. The molecular weight excluding hydrogens is 566 g/mol. The Hall–Kier alpha value is -3.18. The Kier molecular flexibility index (Phi) is 8.91. The van der Waals surface area contributed by atoms with Gasteiger partial charge in [-0.25, -0.2) is 9.59 Å². The number of esters is 1. The number of rotatable bonds is 11. The highest BCUT2D eigenvalue weighted by Crippen LogP contribution is 2.65. The number of carbonyl (C=O) groups is 6. The van der Waals surface area contributed by atoms with Crippen LogP contribution in [0.1, 0.15) is 88.0 Å². The number of ketones is 1. The van der Waals surface area contributed by atoms with Gasteiger partial charge in [-0.15, -0.1) is 0 Å². The Balaban J connectivity index is 1.51. The molecule has 12 nitrogen and oxygen atoms in total. The van der Waals surface area contributed by atoms with E-state index in [9.17, 15) is 28.8 Å². The van der Waals surface area contributed by atoms with E-state index in [4.69, 9.17) is 10.5 Å². The number of nitrogens with one attached hydrogen (secondary N) is 3. The number of amides is 5. The number of primary amides is 1. The fourth-order valence-electron chi connectivity index (χ4n) is 6.69. The molecule has 1 saturated heterocycles. The summed E-state index contributed by atoms with van der Waals surface area (Å²) in [6.45, 7) is 17.2. The van der Waals surface area contributed by atoms with Crippen LogP contribution in [0.25, 0.3) is 0 Å². The van der Waals surface area contributed by atoms with Crippen LogP contribution in [-0.4, -0.2) is 77.2 Å². The number of nitrogens with zero attached hydrogens (tertiary/aromatic N) is 1. The van der Waals surface area contributed by atoms with Crippen LogP contribution in [0.4, 0.5) is 4.79 Å². The van der Waals surface area contributed by atoms with Gasteiger partial charge in [0.25, 0.3) is 5.91 Å². The summed E-state index contributed by atoms with van der Waals surface area (Å²) in [6.07, 6.45) is 3.17. The number of ether oxygens (including phenoxy) is 1. The van der Waals surface area contributed by atoms with E-state index in [0.717, 1.165) is 12.8 Å². The normalized spacial score (nSPS) is 26.8. The zero-order valence-electron chi connectivity index (χ0n) is 27.6. The maximum absolute atomic E-state index is 14.2. The van der Waals surface area contributed by atoms with Crippen LogP contribution in [0.5, 0.6) is 0 Å². The molecule has 44 heavy (non-hydrogen) atoms. The van der Waals surface area contributed by atoms with E-state index >= 15 is 0 Å². The van der Waals surface area contributed by atoms with Gasteiger partial charge in [0.1, 0.15) is 30.3 Å². The van der Waals surface area contributed by atoms with Gasteiger partial charge in [-0.05, 0) is 72.5 Å². The second-order valence-electron chi connectivity index (χ2n) is 16.1. The van der Waals surface area contributed by atoms with E-state index in [0.29, 0.717) is 25.3 Å². The van der Waals surface area contributed by atoms with Gasteiger partial charge in [-0.1, -0.05) is 55.4 Å². The Morgan fingerprint density at radius 1 is 0.841 bits per heavy atom. The molecule has 0 aromatic rings. The molecule has 0 aromatic carbocycles. The third-order valence-corrected chi connectivity index (χ3v) is 10.0. The smallest absolute Gasteiger partial charge is 0.329 e. The molecule has 1 heterocycles. The van der Waals surface area contributed by atoms with Gasteiger partial charge in [0.05, 0.1) is 0 Å². The minimum absolute atomic E-state index is 0.0661. The highest BCUT2D eigenvalue weighted by atomic mass is 16.5. The molecule has 5 amide bonds. The van der Waals surface area contributed by atoms with Crippen LogP contribution in [0.2, 0.25) is 0 Å². The third kappa shape index (κ3) is 7.04. The number of piperidine rings is 1. The summed E-state index contributed by atoms with van der Waals surface area (Å²) < 4.78 is 5.67. The average molecular weight is 618 g/mol. The van der Waals surface area contributed by atoms with Crippen LogP contribution in [0.3, 0.4) is 0 Å². The number of carbonyl (C=O) groups excluding carboxylic acids is 6. The summed E-state index contributed by atoms with van der Waals surface area (Å²) in [4.78, 5) is 80.2. The zero-order valence-corrected chi connectivity index (χ0v) is 27.6. The largest absolute Gasteiger partial charge is 0.461 e. The minimum Gasteiger partial charge on any atom is -0.461 e. The fraction of sp³-hybridized carbons (Fsp3) is 0.812. The summed E-state index contributed by atoms with van der Waals surface area (Å²) in [5.41, 5.74) is 3.65. The molecular formula is C32H51N5O7. The van der Waals surface area contributed by atoms with Gasteiger partial charge in [0, 0.05) is 6.54 Å². The van der Waals surface area contributed by atoms with Crippen molar-refractivity contribution in [3.63, 3.8) is 0 Å².